The topological polar surface area (TPSA) is 46.2 Å². The van der Waals surface area contributed by atoms with E-state index in [0.29, 0.717) is 12.5 Å². The van der Waals surface area contributed by atoms with Crippen LogP contribution in [0, 0.1) is 16.7 Å². The fraction of sp³-hybridized carbons (Fsp3) is 1.00. The second kappa shape index (κ2) is 3.71. The summed E-state index contributed by atoms with van der Waals surface area (Å²) in [5, 5.41) is 11.2. The summed E-state index contributed by atoms with van der Waals surface area (Å²) in [6, 6.07) is 0. The Morgan fingerprint density at radius 1 is 1.25 bits per heavy atom. The lowest BCUT2D eigenvalue weighted by atomic mass is 9.65. The lowest BCUT2D eigenvalue weighted by Gasteiger charge is -2.45. The predicted octanol–water partition coefficient (Wildman–Crippen LogP) is 2.69. The first kappa shape index (κ1) is 12.4. The van der Waals surface area contributed by atoms with Crippen LogP contribution in [0.2, 0.25) is 0 Å². The third kappa shape index (κ3) is 1.62. The van der Waals surface area contributed by atoms with Gasteiger partial charge in [-0.1, -0.05) is 33.6 Å². The minimum atomic E-state index is -0.512. The van der Waals surface area contributed by atoms with Gasteiger partial charge in [0.1, 0.15) is 0 Å². The second-order valence-corrected chi connectivity index (χ2v) is 7.06. The predicted molar refractivity (Wildman–Crippen MR) is 67.1 cm³/mol. The largest absolute Gasteiger partial charge is 0.389 e. The smallest absolute Gasteiger partial charge is 0.0746 e. The van der Waals surface area contributed by atoms with Gasteiger partial charge in [0.15, 0.2) is 0 Å². The van der Waals surface area contributed by atoms with Crippen molar-refractivity contribution in [1.82, 2.24) is 0 Å². The van der Waals surface area contributed by atoms with Gasteiger partial charge in [-0.3, -0.25) is 0 Å². The lowest BCUT2D eigenvalue weighted by Crippen LogP contribution is -2.53. The van der Waals surface area contributed by atoms with Crippen LogP contribution in [-0.2, 0) is 0 Å². The van der Waals surface area contributed by atoms with Crippen molar-refractivity contribution in [3.05, 3.63) is 0 Å². The Morgan fingerprint density at radius 3 is 2.19 bits per heavy atom. The number of hydrogen-bond acceptors (Lipinski definition) is 2. The maximum atomic E-state index is 11.2. The normalized spacial score (nSPS) is 41.4. The molecule has 2 fully saturated rings. The molecule has 0 aromatic heterocycles. The van der Waals surface area contributed by atoms with Crippen molar-refractivity contribution in [2.75, 3.05) is 6.54 Å². The quantitative estimate of drug-likeness (QED) is 0.759. The molecule has 2 unspecified atom stereocenters. The van der Waals surface area contributed by atoms with Gasteiger partial charge >= 0.3 is 0 Å². The van der Waals surface area contributed by atoms with Gasteiger partial charge in [0.2, 0.25) is 0 Å². The highest BCUT2D eigenvalue weighted by atomic mass is 16.3. The monoisotopic (exact) mass is 225 g/mol. The first-order chi connectivity index (χ1) is 7.35. The molecule has 2 heteroatoms. The Hall–Kier alpha value is -0.0800. The third-order valence-corrected chi connectivity index (χ3v) is 5.29. The van der Waals surface area contributed by atoms with Crippen molar-refractivity contribution < 1.29 is 5.11 Å². The molecule has 2 nitrogen and oxygen atoms in total. The fourth-order valence-corrected chi connectivity index (χ4v) is 4.55. The summed E-state index contributed by atoms with van der Waals surface area (Å²) in [6.07, 6.45) is 6.80. The van der Waals surface area contributed by atoms with Crippen molar-refractivity contribution in [3.8, 4) is 0 Å². The van der Waals surface area contributed by atoms with Gasteiger partial charge in [-0.25, -0.2) is 0 Å². The van der Waals surface area contributed by atoms with Crippen LogP contribution in [0.1, 0.15) is 59.3 Å². The van der Waals surface area contributed by atoms with Crippen molar-refractivity contribution in [2.45, 2.75) is 64.9 Å². The maximum Gasteiger partial charge on any atom is 0.0746 e. The average Bonchev–Trinajstić information content (AvgIpc) is 2.71. The zero-order valence-corrected chi connectivity index (χ0v) is 11.1. The number of hydrogen-bond donors (Lipinski definition) is 2. The van der Waals surface area contributed by atoms with E-state index < -0.39 is 5.60 Å². The summed E-state index contributed by atoms with van der Waals surface area (Å²) in [4.78, 5) is 0. The molecule has 0 amide bonds. The van der Waals surface area contributed by atoms with Crippen molar-refractivity contribution in [1.29, 1.82) is 0 Å². The number of rotatable bonds is 2. The molecule has 2 aliphatic rings. The van der Waals surface area contributed by atoms with Crippen LogP contribution in [0.25, 0.3) is 0 Å². The molecule has 2 aliphatic carbocycles. The molecule has 0 aromatic rings. The van der Waals surface area contributed by atoms with Crippen molar-refractivity contribution >= 4 is 0 Å². The molecule has 0 saturated heterocycles. The summed E-state index contributed by atoms with van der Waals surface area (Å²) >= 11 is 0. The third-order valence-electron chi connectivity index (χ3n) is 5.29. The summed E-state index contributed by atoms with van der Waals surface area (Å²) < 4.78 is 0. The van der Waals surface area contributed by atoms with Gasteiger partial charge in [0.05, 0.1) is 5.60 Å². The van der Waals surface area contributed by atoms with Gasteiger partial charge < -0.3 is 10.8 Å². The van der Waals surface area contributed by atoms with Crippen LogP contribution in [0.3, 0.4) is 0 Å². The molecule has 2 saturated carbocycles. The highest BCUT2D eigenvalue weighted by Gasteiger charge is 2.59. The van der Waals surface area contributed by atoms with Crippen molar-refractivity contribution in [3.63, 3.8) is 0 Å². The zero-order valence-electron chi connectivity index (χ0n) is 11.1. The molecule has 94 valence electrons. The SMILES string of the molecule is CC1CC(C)(C)CC1(O)C1(CN)CCCC1. The fourth-order valence-electron chi connectivity index (χ4n) is 4.55. The molecule has 0 aliphatic heterocycles. The van der Waals surface area contributed by atoms with E-state index in [1.807, 2.05) is 0 Å². The van der Waals surface area contributed by atoms with E-state index in [-0.39, 0.29) is 10.8 Å². The van der Waals surface area contributed by atoms with Crippen molar-refractivity contribution in [2.24, 2.45) is 22.5 Å². The minimum Gasteiger partial charge on any atom is -0.389 e. The highest BCUT2D eigenvalue weighted by molar-refractivity contribution is 5.10. The van der Waals surface area contributed by atoms with Crippen LogP contribution < -0.4 is 5.73 Å². The lowest BCUT2D eigenvalue weighted by molar-refractivity contribution is -0.106. The molecule has 0 bridgehead atoms. The highest BCUT2D eigenvalue weighted by Crippen LogP contribution is 2.59. The molecular weight excluding hydrogens is 198 g/mol. The minimum absolute atomic E-state index is 0.0141. The first-order valence-corrected chi connectivity index (χ1v) is 6.78. The van der Waals surface area contributed by atoms with E-state index in [0.717, 1.165) is 25.7 Å². The number of aliphatic hydroxyl groups is 1. The van der Waals surface area contributed by atoms with E-state index in [1.54, 1.807) is 0 Å². The van der Waals surface area contributed by atoms with E-state index in [4.69, 9.17) is 5.73 Å². The van der Waals surface area contributed by atoms with Gasteiger partial charge in [0, 0.05) is 12.0 Å². The Kier molecular flexibility index (Phi) is 2.87. The Bertz CT molecular complexity index is 268. The van der Waals surface area contributed by atoms with Gasteiger partial charge in [-0.15, -0.1) is 0 Å². The Morgan fingerprint density at radius 2 is 1.81 bits per heavy atom. The molecule has 0 radical (unpaired) electrons. The molecular formula is C14H27NO. The molecule has 0 spiro atoms. The van der Waals surface area contributed by atoms with Gasteiger partial charge in [-0.2, -0.15) is 0 Å². The van der Waals surface area contributed by atoms with Crippen LogP contribution >= 0.6 is 0 Å². The van der Waals surface area contributed by atoms with Gasteiger partial charge in [-0.05, 0) is 37.0 Å². The summed E-state index contributed by atoms with van der Waals surface area (Å²) in [5.74, 6) is 0.393. The molecule has 3 N–H and O–H groups in total. The van der Waals surface area contributed by atoms with E-state index >= 15 is 0 Å². The summed E-state index contributed by atoms with van der Waals surface area (Å²) in [7, 11) is 0. The maximum absolute atomic E-state index is 11.2. The van der Waals surface area contributed by atoms with Crippen LogP contribution in [-0.4, -0.2) is 17.3 Å². The van der Waals surface area contributed by atoms with Gasteiger partial charge in [0.25, 0.3) is 0 Å². The summed E-state index contributed by atoms with van der Waals surface area (Å²) in [5.41, 5.74) is 5.80. The molecule has 0 aromatic carbocycles. The van der Waals surface area contributed by atoms with Crippen LogP contribution in [0.5, 0.6) is 0 Å². The Balaban J connectivity index is 2.30. The molecule has 2 atom stereocenters. The van der Waals surface area contributed by atoms with Crippen LogP contribution in [0.4, 0.5) is 0 Å². The Labute approximate surface area is 99.6 Å². The first-order valence-electron chi connectivity index (χ1n) is 6.78. The van der Waals surface area contributed by atoms with Crippen LogP contribution in [0.15, 0.2) is 0 Å². The summed E-state index contributed by atoms with van der Waals surface area (Å²) in [6.45, 7) is 7.43. The average molecular weight is 225 g/mol. The molecule has 2 rings (SSSR count). The molecule has 16 heavy (non-hydrogen) atoms. The van der Waals surface area contributed by atoms with E-state index in [2.05, 4.69) is 20.8 Å². The standard InChI is InChI=1S/C14H27NO/c1-11-8-12(2,3)9-14(11,16)13(10-15)6-4-5-7-13/h11,16H,4-10,15H2,1-3H3. The zero-order chi connectivity index (χ0) is 12.0. The van der Waals surface area contributed by atoms with E-state index in [9.17, 15) is 5.11 Å². The molecule has 0 heterocycles. The second-order valence-electron chi connectivity index (χ2n) is 7.06. The van der Waals surface area contributed by atoms with E-state index in [1.165, 1.54) is 12.8 Å². The number of nitrogens with two attached hydrogens (primary N) is 1.